The van der Waals surface area contributed by atoms with Crippen molar-refractivity contribution < 1.29 is 48.5 Å². The van der Waals surface area contributed by atoms with Gasteiger partial charge < -0.3 is 40.3 Å². The number of primary amides is 2. The summed E-state index contributed by atoms with van der Waals surface area (Å²) in [5.41, 5.74) is 13.8. The number of rotatable bonds is 41. The quantitative estimate of drug-likeness (QED) is 0.0185. The lowest BCUT2D eigenvalue weighted by Crippen LogP contribution is -2.24. The Kier molecular flexibility index (Phi) is 26.4. The highest BCUT2D eigenvalue weighted by Gasteiger charge is 2.27. The molecule has 0 aliphatic rings. The summed E-state index contributed by atoms with van der Waals surface area (Å²) in [6.07, 6.45) is 26.8. The van der Waals surface area contributed by atoms with E-state index in [0.717, 1.165) is 49.6 Å². The first-order valence-corrected chi connectivity index (χ1v) is 27.9. The molecule has 2 aromatic heterocycles. The van der Waals surface area contributed by atoms with Crippen molar-refractivity contribution in [2.75, 3.05) is 36.2 Å². The van der Waals surface area contributed by atoms with Crippen LogP contribution in [0.3, 0.4) is 0 Å². The lowest BCUT2D eigenvalue weighted by molar-refractivity contribution is -0.140. The van der Waals surface area contributed by atoms with E-state index in [9.17, 15) is 28.8 Å². The Balaban J connectivity index is 0.908. The van der Waals surface area contributed by atoms with Gasteiger partial charge >= 0.3 is 11.9 Å². The van der Waals surface area contributed by atoms with Gasteiger partial charge in [-0.25, -0.2) is 9.59 Å². The van der Waals surface area contributed by atoms with Gasteiger partial charge in [-0.1, -0.05) is 115 Å². The number of hydrogen-bond donors (Lipinski definition) is 4. The molecule has 386 valence electrons. The third-order valence-electron chi connectivity index (χ3n) is 12.9. The zero-order valence-electron chi connectivity index (χ0n) is 41.7. The van der Waals surface area contributed by atoms with E-state index in [0.29, 0.717) is 35.2 Å². The number of aromatic nitrogens is 2. The van der Waals surface area contributed by atoms with Crippen molar-refractivity contribution in [3.63, 3.8) is 0 Å². The maximum absolute atomic E-state index is 12.8. The van der Waals surface area contributed by atoms with Crippen LogP contribution in [-0.4, -0.2) is 90.9 Å². The molecule has 0 unspecified atom stereocenters. The van der Waals surface area contributed by atoms with Gasteiger partial charge in [-0.05, 0) is 99.6 Å². The number of Topliss-reactive ketones (excluding diaryl/α,β-unsaturated/α-hetero) is 2. The maximum Gasteiger partial charge on any atom is 0.341 e. The molecule has 0 radical (unpaired) electrons. The van der Waals surface area contributed by atoms with Crippen LogP contribution in [0.15, 0.2) is 36.4 Å². The van der Waals surface area contributed by atoms with Crippen LogP contribution in [0.2, 0.25) is 0 Å². The maximum atomic E-state index is 12.8. The van der Waals surface area contributed by atoms with E-state index >= 15 is 0 Å². The van der Waals surface area contributed by atoms with Crippen molar-refractivity contribution in [2.24, 2.45) is 11.5 Å². The van der Waals surface area contributed by atoms with Crippen LogP contribution in [0.1, 0.15) is 173 Å². The minimum Gasteiger partial charge on any atom is -0.481 e. The van der Waals surface area contributed by atoms with E-state index in [1.54, 1.807) is 38.1 Å². The number of thioether (sulfide) groups is 2. The Morgan fingerprint density at radius 1 is 0.457 bits per heavy atom. The van der Waals surface area contributed by atoms with Crippen LogP contribution in [0, 0.1) is 13.8 Å². The van der Waals surface area contributed by atoms with E-state index in [2.05, 4.69) is 23.5 Å². The van der Waals surface area contributed by atoms with Gasteiger partial charge in [-0.15, -0.1) is 0 Å². The molecule has 2 aromatic carbocycles. The zero-order chi connectivity index (χ0) is 50.7. The Bertz CT molecular complexity index is 2160. The second-order valence-corrected chi connectivity index (χ2v) is 20.7. The third-order valence-corrected chi connectivity index (χ3v) is 15.2. The number of hydrogen-bond acceptors (Lipinski definition) is 10. The number of carbonyl (C=O) groups excluding carboxylic acids is 4. The molecular formula is C54H78N4O10S2. The smallest absolute Gasteiger partial charge is 0.341 e. The van der Waals surface area contributed by atoms with Crippen LogP contribution in [0.5, 0.6) is 11.5 Å². The number of aliphatic carboxylic acids is 2. The molecule has 0 saturated heterocycles. The molecular weight excluding hydrogens is 929 g/mol. The molecule has 0 saturated carbocycles. The molecule has 14 nitrogen and oxygen atoms in total. The number of nitrogens with two attached hydrogens (primary N) is 2. The van der Waals surface area contributed by atoms with E-state index < -0.39 is 48.5 Å². The number of ether oxygens (including phenoxy) is 2. The van der Waals surface area contributed by atoms with Crippen molar-refractivity contribution in [2.45, 2.75) is 168 Å². The minimum atomic E-state index is -1.13. The van der Waals surface area contributed by atoms with Crippen molar-refractivity contribution >= 4 is 80.6 Å². The van der Waals surface area contributed by atoms with Crippen molar-refractivity contribution in [3.8, 4) is 11.5 Å². The normalized spacial score (nSPS) is 11.4. The average molecular weight is 1010 g/mol. The van der Waals surface area contributed by atoms with Gasteiger partial charge in [0.2, 0.25) is 0 Å². The summed E-state index contributed by atoms with van der Waals surface area (Å²) in [4.78, 5) is 71.5. The van der Waals surface area contributed by atoms with Gasteiger partial charge in [-0.2, -0.15) is 23.5 Å². The molecule has 16 heteroatoms. The fraction of sp³-hybridized carbons (Fsp3) is 0.593. The lowest BCUT2D eigenvalue weighted by atomic mass is 10.1. The summed E-state index contributed by atoms with van der Waals surface area (Å²) in [7, 11) is 0. The summed E-state index contributed by atoms with van der Waals surface area (Å²) in [6, 6.07) is 10.5. The molecule has 0 fully saturated rings. The summed E-state index contributed by atoms with van der Waals surface area (Å²) < 4.78 is 15.0. The number of ketones is 2. The first-order chi connectivity index (χ1) is 33.8. The number of carbonyl (C=O) groups is 6. The van der Waals surface area contributed by atoms with Gasteiger partial charge in [0.05, 0.1) is 32.9 Å². The van der Waals surface area contributed by atoms with Crippen LogP contribution >= 0.6 is 23.5 Å². The Morgan fingerprint density at radius 3 is 1.04 bits per heavy atom. The standard InChI is InChI=1S/C54H78N4O10S2/c1-39-47(51(63)53(55)65)49-41(27-25-29-43(49)67-37-45(59)60)57(39)31-19-15-11-7-3-5-9-13-17-21-33-69-35-23-24-36-70-34-22-18-14-10-6-4-8-12-16-20-32-58-40(2)48(52(64)54(56)66)50-42(58)28-26-30-44(50)68-38-46(61)62/h25-30H,3-24,31-38H2,1-2H3,(H2,55,65)(H2,56,66)(H,59,60)(H,61,62). The van der Waals surface area contributed by atoms with Crippen LogP contribution in [-0.2, 0) is 32.3 Å². The highest BCUT2D eigenvalue weighted by atomic mass is 32.2. The fourth-order valence-electron chi connectivity index (χ4n) is 9.27. The first kappa shape index (κ1) is 57.6. The Labute approximate surface area is 422 Å². The second kappa shape index (κ2) is 32.1. The lowest BCUT2D eigenvalue weighted by Gasteiger charge is -2.09. The van der Waals surface area contributed by atoms with Crippen LogP contribution in [0.25, 0.3) is 21.8 Å². The molecule has 4 aromatic rings. The molecule has 2 amide bonds. The average Bonchev–Trinajstić information content (AvgIpc) is 3.78. The van der Waals surface area contributed by atoms with E-state index in [1.807, 2.05) is 21.3 Å². The van der Waals surface area contributed by atoms with Crippen molar-refractivity contribution in [1.29, 1.82) is 0 Å². The van der Waals surface area contributed by atoms with Gasteiger partial charge in [0.15, 0.2) is 13.2 Å². The number of amides is 2. The minimum absolute atomic E-state index is 0.184. The summed E-state index contributed by atoms with van der Waals surface area (Å²) in [5, 5.41) is 19.1. The molecule has 0 aliphatic heterocycles. The van der Waals surface area contributed by atoms with Gasteiger partial charge in [-0.3, -0.25) is 19.2 Å². The van der Waals surface area contributed by atoms with Gasteiger partial charge in [0.1, 0.15) is 11.5 Å². The molecule has 0 bridgehead atoms. The topological polar surface area (TPSA) is 223 Å². The number of aryl methyl sites for hydroxylation is 2. The molecule has 0 spiro atoms. The summed E-state index contributed by atoms with van der Waals surface area (Å²) in [6.45, 7) is 3.84. The van der Waals surface area contributed by atoms with E-state index in [-0.39, 0.29) is 22.6 Å². The first-order valence-electron chi connectivity index (χ1n) is 25.6. The fourth-order valence-corrected chi connectivity index (χ4v) is 11.3. The Morgan fingerprint density at radius 2 is 0.743 bits per heavy atom. The highest BCUT2D eigenvalue weighted by Crippen LogP contribution is 2.36. The monoisotopic (exact) mass is 1010 g/mol. The van der Waals surface area contributed by atoms with Crippen LogP contribution in [0.4, 0.5) is 0 Å². The number of carboxylic acids is 2. The van der Waals surface area contributed by atoms with Gasteiger partial charge in [0.25, 0.3) is 23.4 Å². The predicted molar refractivity (Wildman–Crippen MR) is 283 cm³/mol. The molecule has 4 rings (SSSR count). The van der Waals surface area contributed by atoms with E-state index in [1.165, 1.54) is 126 Å². The molecule has 6 N–H and O–H groups in total. The summed E-state index contributed by atoms with van der Waals surface area (Å²) in [5.74, 6) is -0.375. The van der Waals surface area contributed by atoms with E-state index in [4.69, 9.17) is 31.2 Å². The van der Waals surface area contributed by atoms with Crippen LogP contribution < -0.4 is 20.9 Å². The molecule has 0 atom stereocenters. The number of benzene rings is 2. The Hall–Kier alpha value is -4.96. The second-order valence-electron chi connectivity index (χ2n) is 18.3. The third kappa shape index (κ3) is 18.7. The molecule has 0 aliphatic carbocycles. The zero-order valence-corrected chi connectivity index (χ0v) is 43.3. The number of unbranched alkanes of at least 4 members (excludes halogenated alkanes) is 19. The van der Waals surface area contributed by atoms with Crippen molar-refractivity contribution in [3.05, 3.63) is 58.9 Å². The largest absolute Gasteiger partial charge is 0.481 e. The molecule has 70 heavy (non-hydrogen) atoms. The predicted octanol–water partition coefficient (Wildman–Crippen LogP) is 11.2. The number of carboxylic acid groups (broad SMARTS) is 2. The molecule has 2 heterocycles. The number of fused-ring (bicyclic) bond motifs is 2. The van der Waals surface area contributed by atoms with Crippen molar-refractivity contribution in [1.82, 2.24) is 9.13 Å². The van der Waals surface area contributed by atoms with Gasteiger partial charge in [0, 0.05) is 24.5 Å². The number of nitrogens with zero attached hydrogens (tertiary/aromatic N) is 2. The summed E-state index contributed by atoms with van der Waals surface area (Å²) >= 11 is 4.23. The highest BCUT2D eigenvalue weighted by molar-refractivity contribution is 7.99. The SMILES string of the molecule is Cc1c(C(=O)C(N)=O)c2c(OCC(=O)O)cccc2n1CCCCCCCCCCCCSCCCCSCCCCCCCCCCCCn1c(C)c(C(=O)C(N)=O)c2c(OCC(=O)O)cccc21.